The highest BCUT2D eigenvalue weighted by molar-refractivity contribution is 7.11. The van der Waals surface area contributed by atoms with Crippen molar-refractivity contribution in [3.8, 4) is 22.5 Å². The molecule has 5 rings (SSSR count). The van der Waals surface area contributed by atoms with E-state index in [1.807, 2.05) is 11.3 Å². The van der Waals surface area contributed by atoms with Crippen molar-refractivity contribution in [3.05, 3.63) is 93.6 Å². The van der Waals surface area contributed by atoms with Gasteiger partial charge in [-0.1, -0.05) is 49.0 Å². The number of nitrogens with zero attached hydrogens (tertiary/aromatic N) is 4. The predicted octanol–water partition coefficient (Wildman–Crippen LogP) is 6.21. The standard InChI is InChI=1S/C28H30N4S/c1-19-10-11-24(16-20(19)2)26-17-27(23-8-6-5-7-9-23)32(30-26)18-21(3)31-14-12-25-28(13-15-31)33-22(4)29-25/h5-11,16-17H,3,12-15,18H2,1-2,4H3. The van der Waals surface area contributed by atoms with E-state index >= 15 is 0 Å². The van der Waals surface area contributed by atoms with Crippen LogP contribution in [0.4, 0.5) is 0 Å². The monoisotopic (exact) mass is 454 g/mol. The largest absolute Gasteiger partial charge is 0.373 e. The molecule has 0 saturated carbocycles. The average molecular weight is 455 g/mol. The molecule has 1 aliphatic heterocycles. The van der Waals surface area contributed by atoms with E-state index in [1.54, 1.807) is 0 Å². The lowest BCUT2D eigenvalue weighted by Gasteiger charge is -2.25. The quantitative estimate of drug-likeness (QED) is 0.359. The van der Waals surface area contributed by atoms with Crippen LogP contribution in [0.3, 0.4) is 0 Å². The van der Waals surface area contributed by atoms with Crippen molar-refractivity contribution in [2.75, 3.05) is 13.1 Å². The van der Waals surface area contributed by atoms with Crippen molar-refractivity contribution in [1.82, 2.24) is 19.7 Å². The maximum Gasteiger partial charge on any atom is 0.0930 e. The minimum absolute atomic E-state index is 0.676. The molecule has 1 aliphatic rings. The van der Waals surface area contributed by atoms with Crippen molar-refractivity contribution >= 4 is 11.3 Å². The number of aryl methyl sites for hydroxylation is 3. The molecule has 0 fully saturated rings. The Hall–Kier alpha value is -3.18. The maximum atomic E-state index is 5.05. The third kappa shape index (κ3) is 4.51. The zero-order valence-corrected chi connectivity index (χ0v) is 20.5. The van der Waals surface area contributed by atoms with Gasteiger partial charge >= 0.3 is 0 Å². The van der Waals surface area contributed by atoms with Gasteiger partial charge in [-0.05, 0) is 49.6 Å². The lowest BCUT2D eigenvalue weighted by molar-refractivity contribution is 0.339. The fraction of sp³-hybridized carbons (Fsp3) is 0.286. The molecule has 0 atom stereocenters. The first-order valence-electron chi connectivity index (χ1n) is 11.6. The van der Waals surface area contributed by atoms with Gasteiger partial charge in [-0.25, -0.2) is 4.98 Å². The van der Waals surface area contributed by atoms with Crippen LogP contribution in [0, 0.1) is 20.8 Å². The van der Waals surface area contributed by atoms with E-state index < -0.39 is 0 Å². The molecule has 0 aliphatic carbocycles. The Labute approximate surface area is 200 Å². The van der Waals surface area contributed by atoms with Crippen LogP contribution in [0.2, 0.25) is 0 Å². The van der Waals surface area contributed by atoms with Gasteiger partial charge < -0.3 is 4.90 Å². The SMILES string of the molecule is C=C(Cn1nc(-c2ccc(C)c(C)c2)cc1-c1ccccc1)N1CCc2nc(C)sc2CC1. The number of allylic oxidation sites excluding steroid dienone is 1. The first-order chi connectivity index (χ1) is 16.0. The second-order valence-electron chi connectivity index (χ2n) is 8.89. The van der Waals surface area contributed by atoms with Crippen molar-refractivity contribution in [1.29, 1.82) is 0 Å². The molecule has 4 nitrogen and oxygen atoms in total. The highest BCUT2D eigenvalue weighted by atomic mass is 32.1. The van der Waals surface area contributed by atoms with Gasteiger partial charge in [-0.15, -0.1) is 11.3 Å². The van der Waals surface area contributed by atoms with Crippen LogP contribution in [-0.4, -0.2) is 32.8 Å². The number of fused-ring (bicyclic) bond motifs is 1. The van der Waals surface area contributed by atoms with Crippen molar-refractivity contribution in [2.45, 2.75) is 40.2 Å². The highest BCUT2D eigenvalue weighted by Gasteiger charge is 2.20. The van der Waals surface area contributed by atoms with Gasteiger partial charge in [-0.3, -0.25) is 4.68 Å². The van der Waals surface area contributed by atoms with E-state index in [1.165, 1.54) is 32.3 Å². The maximum absolute atomic E-state index is 5.05. The zero-order chi connectivity index (χ0) is 22.9. The van der Waals surface area contributed by atoms with Crippen LogP contribution < -0.4 is 0 Å². The molecule has 0 unspecified atom stereocenters. The first kappa shape index (κ1) is 21.7. The van der Waals surface area contributed by atoms with Crippen LogP contribution in [0.15, 0.2) is 66.9 Å². The van der Waals surface area contributed by atoms with Crippen LogP contribution >= 0.6 is 11.3 Å². The van der Waals surface area contributed by atoms with Gasteiger partial charge in [0, 0.05) is 42.1 Å². The summed E-state index contributed by atoms with van der Waals surface area (Å²) in [5, 5.41) is 6.22. The lowest BCUT2D eigenvalue weighted by Crippen LogP contribution is -2.28. The van der Waals surface area contributed by atoms with Crippen LogP contribution in [0.25, 0.3) is 22.5 Å². The molecular weight excluding hydrogens is 424 g/mol. The number of rotatable bonds is 5. The predicted molar refractivity (Wildman–Crippen MR) is 138 cm³/mol. The Bertz CT molecular complexity index is 1270. The lowest BCUT2D eigenvalue weighted by atomic mass is 10.0. The summed E-state index contributed by atoms with van der Waals surface area (Å²) in [6.07, 6.45) is 2.02. The molecule has 0 amide bonds. The molecule has 0 spiro atoms. The smallest absolute Gasteiger partial charge is 0.0930 e. The molecule has 33 heavy (non-hydrogen) atoms. The highest BCUT2D eigenvalue weighted by Crippen LogP contribution is 2.29. The van der Waals surface area contributed by atoms with E-state index in [4.69, 9.17) is 10.1 Å². The van der Waals surface area contributed by atoms with Crippen molar-refractivity contribution in [3.63, 3.8) is 0 Å². The van der Waals surface area contributed by atoms with Crippen LogP contribution in [0.5, 0.6) is 0 Å². The summed E-state index contributed by atoms with van der Waals surface area (Å²) in [6.45, 7) is 13.5. The van der Waals surface area contributed by atoms with E-state index in [9.17, 15) is 0 Å². The second kappa shape index (κ2) is 8.99. The third-order valence-corrected chi connectivity index (χ3v) is 7.62. The van der Waals surface area contributed by atoms with E-state index in [2.05, 4.69) is 91.5 Å². The van der Waals surface area contributed by atoms with Gasteiger partial charge in [0.25, 0.3) is 0 Å². The molecule has 5 heteroatoms. The molecule has 0 radical (unpaired) electrons. The minimum atomic E-state index is 0.676. The van der Waals surface area contributed by atoms with Gasteiger partial charge in [0.05, 0.1) is 28.6 Å². The number of hydrogen-bond donors (Lipinski definition) is 0. The van der Waals surface area contributed by atoms with E-state index in [-0.39, 0.29) is 0 Å². The zero-order valence-electron chi connectivity index (χ0n) is 19.6. The summed E-state index contributed by atoms with van der Waals surface area (Å²) in [5.74, 6) is 0. The second-order valence-corrected chi connectivity index (χ2v) is 10.2. The molecule has 168 valence electrons. The fourth-order valence-electron chi connectivity index (χ4n) is 4.50. The summed E-state index contributed by atoms with van der Waals surface area (Å²) in [6, 6.07) is 19.3. The number of thiazole rings is 1. The molecule has 0 saturated heterocycles. The average Bonchev–Trinajstić information content (AvgIpc) is 3.33. The summed E-state index contributed by atoms with van der Waals surface area (Å²) in [7, 11) is 0. The molecule has 2 aromatic carbocycles. The summed E-state index contributed by atoms with van der Waals surface area (Å²) < 4.78 is 2.12. The number of hydrogen-bond acceptors (Lipinski definition) is 4. The van der Waals surface area contributed by atoms with Crippen molar-refractivity contribution in [2.24, 2.45) is 0 Å². The van der Waals surface area contributed by atoms with E-state index in [0.29, 0.717) is 6.54 Å². The molecule has 2 aromatic heterocycles. The summed E-state index contributed by atoms with van der Waals surface area (Å²) >= 11 is 1.84. The normalized spacial score (nSPS) is 13.6. The molecule has 4 aromatic rings. The van der Waals surface area contributed by atoms with Gasteiger partial charge in [0.2, 0.25) is 0 Å². The minimum Gasteiger partial charge on any atom is -0.373 e. The Morgan fingerprint density at radius 3 is 2.52 bits per heavy atom. The van der Waals surface area contributed by atoms with Gasteiger partial charge in [0.1, 0.15) is 0 Å². The van der Waals surface area contributed by atoms with Crippen LogP contribution in [-0.2, 0) is 19.4 Å². The van der Waals surface area contributed by atoms with E-state index in [0.717, 1.165) is 48.6 Å². The molecule has 0 N–H and O–H groups in total. The Morgan fingerprint density at radius 2 is 1.73 bits per heavy atom. The summed E-state index contributed by atoms with van der Waals surface area (Å²) in [4.78, 5) is 8.58. The first-order valence-corrected chi connectivity index (χ1v) is 12.4. The fourth-order valence-corrected chi connectivity index (χ4v) is 5.47. The van der Waals surface area contributed by atoms with Crippen LogP contribution in [0.1, 0.15) is 26.7 Å². The number of benzene rings is 2. The molecule has 3 heterocycles. The van der Waals surface area contributed by atoms with Gasteiger partial charge in [-0.2, -0.15) is 5.10 Å². The van der Waals surface area contributed by atoms with Crippen molar-refractivity contribution < 1.29 is 0 Å². The topological polar surface area (TPSA) is 34.0 Å². The Balaban J connectivity index is 1.42. The number of aromatic nitrogens is 3. The van der Waals surface area contributed by atoms with Gasteiger partial charge in [0.15, 0.2) is 0 Å². The molecular formula is C28H30N4S. The Kier molecular flexibility index (Phi) is 5.90. The third-order valence-electron chi connectivity index (χ3n) is 6.54. The molecule has 0 bridgehead atoms. The Morgan fingerprint density at radius 1 is 0.939 bits per heavy atom. The summed E-state index contributed by atoms with van der Waals surface area (Å²) in [5.41, 5.74) is 9.41.